The maximum Gasteiger partial charge on any atom is 0.219 e. The maximum atomic E-state index is 13.7. The normalized spacial score (nSPS) is 10.6. The molecule has 0 aliphatic heterocycles. The summed E-state index contributed by atoms with van der Waals surface area (Å²) in [5, 5.41) is 3.26. The maximum absolute atomic E-state index is 13.7. The van der Waals surface area contributed by atoms with Crippen molar-refractivity contribution >= 4 is 15.9 Å². The van der Waals surface area contributed by atoms with Gasteiger partial charge in [0.2, 0.25) is 5.88 Å². The molecule has 0 saturated heterocycles. The van der Waals surface area contributed by atoms with Crippen LogP contribution < -0.4 is 10.1 Å². The van der Waals surface area contributed by atoms with Crippen LogP contribution in [0.1, 0.15) is 19.0 Å². The quantitative estimate of drug-likeness (QED) is 0.798. The molecule has 1 N–H and O–H groups in total. The minimum atomic E-state index is -0.421. The van der Waals surface area contributed by atoms with Crippen LogP contribution in [0.4, 0.5) is 4.39 Å². The molecule has 0 amide bonds. The van der Waals surface area contributed by atoms with Crippen molar-refractivity contribution in [2.75, 3.05) is 6.54 Å². The van der Waals surface area contributed by atoms with E-state index in [1.54, 1.807) is 18.2 Å². The topological polar surface area (TPSA) is 34.1 Å². The minimum absolute atomic E-state index is 0.166. The summed E-state index contributed by atoms with van der Waals surface area (Å²) in [6, 6.07) is 10.1. The van der Waals surface area contributed by atoms with E-state index >= 15 is 0 Å². The Hall–Kier alpha value is -1.46. The Labute approximate surface area is 126 Å². The molecule has 106 valence electrons. The van der Waals surface area contributed by atoms with Crippen LogP contribution in [0.2, 0.25) is 0 Å². The third-order valence-corrected chi connectivity index (χ3v) is 3.12. The summed E-state index contributed by atoms with van der Waals surface area (Å²) in [5.74, 6) is 0.136. The van der Waals surface area contributed by atoms with Gasteiger partial charge in [-0.3, -0.25) is 0 Å². The molecule has 1 aromatic heterocycles. The van der Waals surface area contributed by atoms with Crippen LogP contribution >= 0.6 is 15.9 Å². The monoisotopic (exact) mass is 338 g/mol. The molecule has 5 heteroatoms. The van der Waals surface area contributed by atoms with Crippen LogP contribution in [0.3, 0.4) is 0 Å². The van der Waals surface area contributed by atoms with E-state index in [1.165, 1.54) is 6.07 Å². The summed E-state index contributed by atoms with van der Waals surface area (Å²) < 4.78 is 19.8. The van der Waals surface area contributed by atoms with Crippen LogP contribution in [0.5, 0.6) is 11.6 Å². The van der Waals surface area contributed by atoms with E-state index in [0.717, 1.165) is 18.7 Å². The third kappa shape index (κ3) is 4.28. The van der Waals surface area contributed by atoms with Gasteiger partial charge in [-0.1, -0.05) is 28.9 Å². The predicted molar refractivity (Wildman–Crippen MR) is 80.4 cm³/mol. The lowest BCUT2D eigenvalue weighted by Gasteiger charge is -2.08. The second-order valence-corrected chi connectivity index (χ2v) is 5.24. The summed E-state index contributed by atoms with van der Waals surface area (Å²) in [4.78, 5) is 4.34. The van der Waals surface area contributed by atoms with Crippen LogP contribution in [-0.4, -0.2) is 11.5 Å². The number of ether oxygens (including phenoxy) is 1. The molecule has 0 aliphatic carbocycles. The summed E-state index contributed by atoms with van der Waals surface area (Å²) in [5.41, 5.74) is 0.869. The smallest absolute Gasteiger partial charge is 0.219 e. The molecule has 0 spiro atoms. The van der Waals surface area contributed by atoms with Gasteiger partial charge in [-0.25, -0.2) is 9.37 Å². The second kappa shape index (κ2) is 7.36. The van der Waals surface area contributed by atoms with Gasteiger partial charge < -0.3 is 10.1 Å². The largest absolute Gasteiger partial charge is 0.436 e. The van der Waals surface area contributed by atoms with E-state index in [-0.39, 0.29) is 5.75 Å². The highest BCUT2D eigenvalue weighted by atomic mass is 79.9. The molecule has 0 radical (unpaired) electrons. The van der Waals surface area contributed by atoms with Crippen molar-refractivity contribution in [1.82, 2.24) is 10.3 Å². The van der Waals surface area contributed by atoms with Gasteiger partial charge in [0.15, 0.2) is 11.6 Å². The van der Waals surface area contributed by atoms with E-state index in [1.807, 2.05) is 12.1 Å². The zero-order valence-electron chi connectivity index (χ0n) is 11.2. The first-order chi connectivity index (χ1) is 9.69. The Bertz CT molecular complexity index is 578. The third-order valence-electron chi connectivity index (χ3n) is 2.62. The molecule has 0 aliphatic rings. The zero-order chi connectivity index (χ0) is 14.4. The number of nitrogens with one attached hydrogen (secondary N) is 1. The lowest BCUT2D eigenvalue weighted by Crippen LogP contribution is -2.14. The van der Waals surface area contributed by atoms with E-state index in [9.17, 15) is 4.39 Å². The van der Waals surface area contributed by atoms with Gasteiger partial charge in [-0.05, 0) is 37.2 Å². The van der Waals surface area contributed by atoms with Crippen molar-refractivity contribution in [3.63, 3.8) is 0 Å². The van der Waals surface area contributed by atoms with Gasteiger partial charge >= 0.3 is 0 Å². The van der Waals surface area contributed by atoms with Gasteiger partial charge in [0.05, 0.1) is 5.69 Å². The standard InChI is InChI=1S/C15H16BrFN2O/c1-2-8-18-10-12-4-3-5-15(19-12)20-14-7-6-11(16)9-13(14)17/h3-7,9,18H,2,8,10H2,1H3. The number of pyridine rings is 1. The molecule has 2 rings (SSSR count). The Morgan fingerprint density at radius 1 is 1.30 bits per heavy atom. The van der Waals surface area contributed by atoms with Gasteiger partial charge in [0, 0.05) is 17.1 Å². The Morgan fingerprint density at radius 2 is 2.15 bits per heavy atom. The molecule has 0 bridgehead atoms. The SMILES string of the molecule is CCCNCc1cccc(Oc2ccc(Br)cc2F)n1. The number of halogens is 2. The second-order valence-electron chi connectivity index (χ2n) is 4.32. The van der Waals surface area contributed by atoms with Crippen molar-refractivity contribution in [1.29, 1.82) is 0 Å². The lowest BCUT2D eigenvalue weighted by molar-refractivity contribution is 0.425. The number of hydrogen-bond acceptors (Lipinski definition) is 3. The fraction of sp³-hybridized carbons (Fsp3) is 0.267. The molecular weight excluding hydrogens is 323 g/mol. The first kappa shape index (κ1) is 14.9. The van der Waals surface area contributed by atoms with Crippen LogP contribution in [0.25, 0.3) is 0 Å². The molecule has 2 aromatic rings. The van der Waals surface area contributed by atoms with E-state index in [4.69, 9.17) is 4.74 Å². The van der Waals surface area contributed by atoms with Crippen LogP contribution in [0.15, 0.2) is 40.9 Å². The molecule has 0 unspecified atom stereocenters. The van der Waals surface area contributed by atoms with Gasteiger partial charge in [0.1, 0.15) is 0 Å². The van der Waals surface area contributed by atoms with Crippen LogP contribution in [-0.2, 0) is 6.54 Å². The average Bonchev–Trinajstić information content (AvgIpc) is 2.43. The van der Waals surface area contributed by atoms with E-state index in [2.05, 4.69) is 33.2 Å². The fourth-order valence-corrected chi connectivity index (χ4v) is 2.01. The molecule has 1 aromatic carbocycles. The lowest BCUT2D eigenvalue weighted by atomic mass is 10.3. The number of rotatable bonds is 6. The molecule has 0 atom stereocenters. The summed E-state index contributed by atoms with van der Waals surface area (Å²) in [6.45, 7) is 3.72. The fourth-order valence-electron chi connectivity index (χ4n) is 1.68. The van der Waals surface area contributed by atoms with Crippen molar-refractivity contribution in [3.05, 3.63) is 52.4 Å². The van der Waals surface area contributed by atoms with Crippen molar-refractivity contribution in [2.45, 2.75) is 19.9 Å². The van der Waals surface area contributed by atoms with Crippen molar-refractivity contribution in [3.8, 4) is 11.6 Å². The van der Waals surface area contributed by atoms with Gasteiger partial charge in [0.25, 0.3) is 0 Å². The minimum Gasteiger partial charge on any atom is -0.436 e. The van der Waals surface area contributed by atoms with Crippen molar-refractivity contribution in [2.24, 2.45) is 0 Å². The summed E-state index contributed by atoms with van der Waals surface area (Å²) in [6.07, 6.45) is 1.07. The molecule has 0 fully saturated rings. The molecule has 20 heavy (non-hydrogen) atoms. The van der Waals surface area contributed by atoms with E-state index in [0.29, 0.717) is 16.9 Å². The highest BCUT2D eigenvalue weighted by Crippen LogP contribution is 2.25. The average molecular weight is 339 g/mol. The van der Waals surface area contributed by atoms with E-state index < -0.39 is 5.82 Å². The predicted octanol–water partition coefficient (Wildman–Crippen LogP) is 4.28. The van der Waals surface area contributed by atoms with Gasteiger partial charge in [-0.2, -0.15) is 0 Å². The Kier molecular flexibility index (Phi) is 5.49. The number of aromatic nitrogens is 1. The first-order valence-corrected chi connectivity index (χ1v) is 7.28. The molecular formula is C15H16BrFN2O. The highest BCUT2D eigenvalue weighted by molar-refractivity contribution is 9.10. The molecule has 1 heterocycles. The van der Waals surface area contributed by atoms with Crippen molar-refractivity contribution < 1.29 is 9.13 Å². The Balaban J connectivity index is 2.07. The molecule has 3 nitrogen and oxygen atoms in total. The number of hydrogen-bond donors (Lipinski definition) is 1. The highest BCUT2D eigenvalue weighted by Gasteiger charge is 2.06. The first-order valence-electron chi connectivity index (χ1n) is 6.48. The zero-order valence-corrected chi connectivity index (χ0v) is 12.8. The Morgan fingerprint density at radius 3 is 2.90 bits per heavy atom. The summed E-state index contributed by atoms with van der Waals surface area (Å²) >= 11 is 3.21. The van der Waals surface area contributed by atoms with Gasteiger partial charge in [-0.15, -0.1) is 0 Å². The van der Waals surface area contributed by atoms with Crippen LogP contribution in [0, 0.1) is 5.82 Å². The molecule has 0 saturated carbocycles. The number of nitrogens with zero attached hydrogens (tertiary/aromatic N) is 1. The summed E-state index contributed by atoms with van der Waals surface area (Å²) in [7, 11) is 0. The number of benzene rings is 1.